The topological polar surface area (TPSA) is 75.7 Å². The largest absolute Gasteiger partial charge is 0.457 e. The quantitative estimate of drug-likeness (QED) is 0.632. The first-order chi connectivity index (χ1) is 13.8. The number of nitrogens with one attached hydrogen (secondary N) is 1. The third kappa shape index (κ3) is 5.43. The minimum Gasteiger partial charge on any atom is -0.457 e. The van der Waals surface area contributed by atoms with Gasteiger partial charge in [0.15, 0.2) is 0 Å². The Labute approximate surface area is 170 Å². The summed E-state index contributed by atoms with van der Waals surface area (Å²) >= 11 is 0. The highest BCUT2D eigenvalue weighted by Crippen LogP contribution is 2.24. The van der Waals surface area contributed by atoms with Gasteiger partial charge < -0.3 is 10.1 Å². The standard InChI is InChI=1S/C22H22N2O4S/c1-17(25)23-19-11-13-22(14-12-19)29(26,27)24(2)16-18-7-6-10-21(15-18)28-20-8-4-3-5-9-20/h3-15H,16H2,1-2H3,(H,23,25). The van der Waals surface area contributed by atoms with Crippen LogP contribution in [-0.4, -0.2) is 25.7 Å². The smallest absolute Gasteiger partial charge is 0.243 e. The molecule has 0 saturated carbocycles. The Balaban J connectivity index is 1.72. The number of para-hydroxylation sites is 1. The van der Waals surface area contributed by atoms with Crippen LogP contribution in [0.2, 0.25) is 0 Å². The normalized spacial score (nSPS) is 11.3. The van der Waals surface area contributed by atoms with Crippen molar-refractivity contribution in [3.63, 3.8) is 0 Å². The first-order valence-corrected chi connectivity index (χ1v) is 10.4. The van der Waals surface area contributed by atoms with E-state index >= 15 is 0 Å². The van der Waals surface area contributed by atoms with E-state index in [1.165, 1.54) is 30.4 Å². The summed E-state index contributed by atoms with van der Waals surface area (Å²) in [7, 11) is -2.14. The molecule has 0 aliphatic carbocycles. The van der Waals surface area contributed by atoms with Crippen LogP contribution in [0.5, 0.6) is 11.5 Å². The Bertz CT molecular complexity index is 1080. The molecule has 0 radical (unpaired) electrons. The zero-order valence-corrected chi connectivity index (χ0v) is 17.0. The molecule has 0 fully saturated rings. The maximum atomic E-state index is 12.9. The minimum atomic E-state index is -3.67. The fourth-order valence-electron chi connectivity index (χ4n) is 2.77. The van der Waals surface area contributed by atoms with Gasteiger partial charge in [-0.3, -0.25) is 4.79 Å². The highest BCUT2D eigenvalue weighted by molar-refractivity contribution is 7.89. The zero-order chi connectivity index (χ0) is 20.9. The summed E-state index contributed by atoms with van der Waals surface area (Å²) in [5.74, 6) is 1.14. The molecular formula is C22H22N2O4S. The lowest BCUT2D eigenvalue weighted by Gasteiger charge is -2.18. The third-order valence-corrected chi connectivity index (χ3v) is 5.98. The molecule has 1 N–H and O–H groups in total. The first-order valence-electron chi connectivity index (χ1n) is 9.00. The second-order valence-electron chi connectivity index (χ2n) is 6.53. The highest BCUT2D eigenvalue weighted by atomic mass is 32.2. The minimum absolute atomic E-state index is 0.158. The molecule has 0 atom stereocenters. The molecule has 0 unspecified atom stereocenters. The molecule has 0 spiro atoms. The number of amides is 1. The number of nitrogens with zero attached hydrogens (tertiary/aromatic N) is 1. The van der Waals surface area contributed by atoms with Crippen molar-refractivity contribution in [3.05, 3.63) is 84.4 Å². The van der Waals surface area contributed by atoms with Crippen molar-refractivity contribution in [2.45, 2.75) is 18.4 Å². The molecule has 29 heavy (non-hydrogen) atoms. The van der Waals surface area contributed by atoms with Crippen molar-refractivity contribution in [2.24, 2.45) is 0 Å². The monoisotopic (exact) mass is 410 g/mol. The number of ether oxygens (including phenoxy) is 1. The van der Waals surface area contributed by atoms with E-state index in [4.69, 9.17) is 4.74 Å². The summed E-state index contributed by atoms with van der Waals surface area (Å²) in [6.07, 6.45) is 0. The highest BCUT2D eigenvalue weighted by Gasteiger charge is 2.21. The predicted molar refractivity (Wildman–Crippen MR) is 112 cm³/mol. The van der Waals surface area contributed by atoms with Crippen LogP contribution in [0.25, 0.3) is 0 Å². The van der Waals surface area contributed by atoms with Crippen LogP contribution in [0, 0.1) is 0 Å². The molecule has 0 heterocycles. The van der Waals surface area contributed by atoms with E-state index in [1.54, 1.807) is 12.1 Å². The van der Waals surface area contributed by atoms with Gasteiger partial charge in [0.1, 0.15) is 11.5 Å². The van der Waals surface area contributed by atoms with Gasteiger partial charge in [0.25, 0.3) is 0 Å². The number of sulfonamides is 1. The molecule has 0 aliphatic heterocycles. The van der Waals surface area contributed by atoms with Crippen molar-refractivity contribution in [1.29, 1.82) is 0 Å². The van der Waals surface area contributed by atoms with E-state index in [0.717, 1.165) is 5.56 Å². The van der Waals surface area contributed by atoms with Gasteiger partial charge in [-0.25, -0.2) is 8.42 Å². The summed E-state index contributed by atoms with van der Waals surface area (Å²) in [6.45, 7) is 1.59. The van der Waals surface area contributed by atoms with Crippen molar-refractivity contribution < 1.29 is 17.9 Å². The molecular weight excluding hydrogens is 388 g/mol. The average Bonchev–Trinajstić information content (AvgIpc) is 2.69. The van der Waals surface area contributed by atoms with Gasteiger partial charge in [-0.05, 0) is 54.1 Å². The van der Waals surface area contributed by atoms with Gasteiger partial charge in [-0.2, -0.15) is 4.31 Å². The molecule has 0 bridgehead atoms. The van der Waals surface area contributed by atoms with Crippen molar-refractivity contribution in [1.82, 2.24) is 4.31 Å². The zero-order valence-electron chi connectivity index (χ0n) is 16.2. The molecule has 3 aromatic carbocycles. The molecule has 0 saturated heterocycles. The van der Waals surface area contributed by atoms with Crippen LogP contribution < -0.4 is 10.1 Å². The Hall–Kier alpha value is -3.16. The maximum absolute atomic E-state index is 12.9. The van der Waals surface area contributed by atoms with E-state index < -0.39 is 10.0 Å². The van der Waals surface area contributed by atoms with E-state index in [9.17, 15) is 13.2 Å². The van der Waals surface area contributed by atoms with Gasteiger partial charge in [0.05, 0.1) is 4.90 Å². The van der Waals surface area contributed by atoms with Crippen LogP contribution in [0.15, 0.2) is 83.8 Å². The summed E-state index contributed by atoms with van der Waals surface area (Å²) in [5.41, 5.74) is 1.35. The Morgan fingerprint density at radius 1 is 0.931 bits per heavy atom. The van der Waals surface area contributed by atoms with Crippen LogP contribution >= 0.6 is 0 Å². The van der Waals surface area contributed by atoms with Crippen molar-refractivity contribution in [3.8, 4) is 11.5 Å². The van der Waals surface area contributed by atoms with E-state index in [2.05, 4.69) is 5.32 Å². The molecule has 3 aromatic rings. The predicted octanol–water partition coefficient (Wildman–Crippen LogP) is 4.26. The van der Waals surface area contributed by atoms with Crippen LogP contribution in [-0.2, 0) is 21.4 Å². The second kappa shape index (κ2) is 8.89. The summed E-state index contributed by atoms with van der Waals surface area (Å²) in [6, 6.07) is 22.8. The SMILES string of the molecule is CC(=O)Nc1ccc(S(=O)(=O)N(C)Cc2cccc(Oc3ccccc3)c2)cc1. The second-order valence-corrected chi connectivity index (χ2v) is 8.57. The lowest BCUT2D eigenvalue weighted by Crippen LogP contribution is -2.26. The van der Waals surface area contributed by atoms with Crippen LogP contribution in [0.3, 0.4) is 0 Å². The lowest BCUT2D eigenvalue weighted by molar-refractivity contribution is -0.114. The number of rotatable bonds is 7. The number of hydrogen-bond acceptors (Lipinski definition) is 4. The van der Waals surface area contributed by atoms with Gasteiger partial charge in [-0.1, -0.05) is 30.3 Å². The number of anilines is 1. The summed E-state index contributed by atoms with van der Waals surface area (Å²) in [4.78, 5) is 11.3. The van der Waals surface area contributed by atoms with Gasteiger partial charge >= 0.3 is 0 Å². The number of benzene rings is 3. The average molecular weight is 410 g/mol. The van der Waals surface area contributed by atoms with Gasteiger partial charge in [-0.15, -0.1) is 0 Å². The van der Waals surface area contributed by atoms with Crippen molar-refractivity contribution in [2.75, 3.05) is 12.4 Å². The van der Waals surface area contributed by atoms with Crippen molar-refractivity contribution >= 4 is 21.6 Å². The fourth-order valence-corrected chi connectivity index (χ4v) is 3.93. The Kier molecular flexibility index (Phi) is 6.31. The summed E-state index contributed by atoms with van der Waals surface area (Å²) < 4.78 is 32.8. The molecule has 1 amide bonds. The molecule has 6 nitrogen and oxygen atoms in total. The maximum Gasteiger partial charge on any atom is 0.243 e. The number of hydrogen-bond donors (Lipinski definition) is 1. The third-order valence-electron chi connectivity index (χ3n) is 4.17. The molecule has 7 heteroatoms. The van der Waals surface area contributed by atoms with Crippen LogP contribution in [0.4, 0.5) is 5.69 Å². The van der Waals surface area contributed by atoms with Gasteiger partial charge in [0, 0.05) is 26.2 Å². The van der Waals surface area contributed by atoms with E-state index in [0.29, 0.717) is 17.2 Å². The Morgan fingerprint density at radius 2 is 1.59 bits per heavy atom. The first kappa shape index (κ1) is 20.6. The van der Waals surface area contributed by atoms with E-state index in [-0.39, 0.29) is 17.3 Å². The molecule has 0 aliphatic rings. The molecule has 150 valence electrons. The summed E-state index contributed by atoms with van der Waals surface area (Å²) in [5, 5.41) is 2.62. The molecule has 3 rings (SSSR count). The lowest BCUT2D eigenvalue weighted by atomic mass is 10.2. The van der Waals surface area contributed by atoms with E-state index in [1.807, 2.05) is 54.6 Å². The van der Waals surface area contributed by atoms with Crippen LogP contribution in [0.1, 0.15) is 12.5 Å². The number of carbonyl (C=O) groups is 1. The Morgan fingerprint density at radius 3 is 2.24 bits per heavy atom. The molecule has 0 aromatic heterocycles. The fraction of sp³-hybridized carbons (Fsp3) is 0.136. The number of carbonyl (C=O) groups excluding carboxylic acids is 1. The van der Waals surface area contributed by atoms with Gasteiger partial charge in [0.2, 0.25) is 15.9 Å².